The highest BCUT2D eigenvalue weighted by Gasteiger charge is 2.45. The molecule has 0 aliphatic heterocycles. The van der Waals surface area contributed by atoms with E-state index in [1.165, 1.54) is 22.6 Å². The SMILES string of the molecule is C=COc1c(C(C)(F)F)nn(C)c1-n1cc(-c2ccc(Cl)c(C(=O)CC3(C#N)CC3)c2)cn1. The van der Waals surface area contributed by atoms with Crippen LogP contribution in [0.15, 0.2) is 43.4 Å². The van der Waals surface area contributed by atoms with E-state index in [9.17, 15) is 18.8 Å². The Morgan fingerprint density at radius 1 is 1.42 bits per heavy atom. The van der Waals surface area contributed by atoms with Crippen molar-refractivity contribution in [2.24, 2.45) is 12.5 Å². The normalized spacial score (nSPS) is 14.5. The molecular formula is C23H20ClF2N5O2. The fraction of sp³-hybridized carbons (Fsp3) is 0.304. The average molecular weight is 472 g/mol. The minimum Gasteiger partial charge on any atom is -0.459 e. The molecule has 0 radical (unpaired) electrons. The number of ether oxygens (including phenoxy) is 1. The molecule has 7 nitrogen and oxygen atoms in total. The Morgan fingerprint density at radius 2 is 2.15 bits per heavy atom. The molecule has 1 aliphatic carbocycles. The highest BCUT2D eigenvalue weighted by Crippen LogP contribution is 2.49. The second kappa shape index (κ2) is 8.12. The van der Waals surface area contributed by atoms with E-state index in [2.05, 4.69) is 22.8 Å². The molecular weight excluding hydrogens is 452 g/mol. The van der Waals surface area contributed by atoms with Gasteiger partial charge >= 0.3 is 0 Å². The second-order valence-corrected chi connectivity index (χ2v) is 8.57. The lowest BCUT2D eigenvalue weighted by atomic mass is 9.95. The number of carbonyl (C=O) groups excluding carboxylic acids is 1. The van der Waals surface area contributed by atoms with Crippen molar-refractivity contribution in [2.45, 2.75) is 32.1 Å². The molecule has 1 aliphatic rings. The summed E-state index contributed by atoms with van der Waals surface area (Å²) in [6.45, 7) is 4.18. The number of ketones is 1. The van der Waals surface area contributed by atoms with Gasteiger partial charge in [-0.1, -0.05) is 24.2 Å². The average Bonchev–Trinajstić information content (AvgIpc) is 3.20. The quantitative estimate of drug-likeness (QED) is 0.322. The van der Waals surface area contributed by atoms with E-state index in [1.807, 2.05) is 0 Å². The van der Waals surface area contributed by atoms with Crippen LogP contribution in [0.2, 0.25) is 5.02 Å². The van der Waals surface area contributed by atoms with Crippen molar-refractivity contribution in [2.75, 3.05) is 0 Å². The van der Waals surface area contributed by atoms with Gasteiger partial charge in [0.1, 0.15) is 0 Å². The van der Waals surface area contributed by atoms with Gasteiger partial charge in [-0.3, -0.25) is 4.79 Å². The molecule has 170 valence electrons. The number of nitriles is 1. The summed E-state index contributed by atoms with van der Waals surface area (Å²) in [4.78, 5) is 12.8. The van der Waals surface area contributed by atoms with E-state index >= 15 is 0 Å². The van der Waals surface area contributed by atoms with E-state index in [1.54, 1.807) is 24.4 Å². The molecule has 0 bridgehead atoms. The minimum atomic E-state index is -3.24. The predicted molar refractivity (Wildman–Crippen MR) is 117 cm³/mol. The van der Waals surface area contributed by atoms with Gasteiger partial charge in [0.05, 0.1) is 29.0 Å². The Balaban J connectivity index is 1.70. The van der Waals surface area contributed by atoms with Crippen LogP contribution in [0.4, 0.5) is 8.78 Å². The van der Waals surface area contributed by atoms with Crippen molar-refractivity contribution in [1.29, 1.82) is 5.26 Å². The summed E-state index contributed by atoms with van der Waals surface area (Å²) < 4.78 is 36.0. The zero-order valence-corrected chi connectivity index (χ0v) is 18.7. The van der Waals surface area contributed by atoms with Crippen LogP contribution >= 0.6 is 11.6 Å². The highest BCUT2D eigenvalue weighted by atomic mass is 35.5. The molecule has 33 heavy (non-hydrogen) atoms. The lowest BCUT2D eigenvalue weighted by Crippen LogP contribution is -2.09. The molecule has 3 aromatic rings. The number of nitrogens with zero attached hydrogens (tertiary/aromatic N) is 5. The van der Waals surface area contributed by atoms with E-state index in [4.69, 9.17) is 16.3 Å². The minimum absolute atomic E-state index is 0.122. The number of aromatic nitrogens is 4. The molecule has 0 unspecified atom stereocenters. The zero-order valence-electron chi connectivity index (χ0n) is 18.0. The first-order valence-electron chi connectivity index (χ1n) is 10.1. The molecule has 1 fully saturated rings. The smallest absolute Gasteiger partial charge is 0.292 e. The fourth-order valence-electron chi connectivity index (χ4n) is 3.61. The molecule has 2 heterocycles. The van der Waals surface area contributed by atoms with Gasteiger partial charge < -0.3 is 4.74 Å². The van der Waals surface area contributed by atoms with Crippen molar-refractivity contribution in [3.8, 4) is 28.8 Å². The van der Waals surface area contributed by atoms with Crippen LogP contribution < -0.4 is 4.74 Å². The molecule has 1 saturated carbocycles. The summed E-state index contributed by atoms with van der Waals surface area (Å²) in [7, 11) is 1.50. The zero-order chi connectivity index (χ0) is 24.0. The Hall–Kier alpha value is -3.51. The maximum atomic E-state index is 14.0. The monoisotopic (exact) mass is 471 g/mol. The number of halogens is 3. The predicted octanol–water partition coefficient (Wildman–Crippen LogP) is 5.44. The summed E-state index contributed by atoms with van der Waals surface area (Å²) in [5, 5.41) is 17.8. The summed E-state index contributed by atoms with van der Waals surface area (Å²) >= 11 is 6.26. The molecule has 0 spiro atoms. The number of alkyl halides is 2. The summed E-state index contributed by atoms with van der Waals surface area (Å²) in [5.74, 6) is -3.41. The van der Waals surface area contributed by atoms with Crippen LogP contribution in [0.3, 0.4) is 0 Å². The van der Waals surface area contributed by atoms with Crippen LogP contribution in [0.1, 0.15) is 42.2 Å². The van der Waals surface area contributed by atoms with Crippen molar-refractivity contribution in [3.05, 3.63) is 59.7 Å². The number of benzene rings is 1. The van der Waals surface area contributed by atoms with Gasteiger partial charge in [-0.25, -0.2) is 9.36 Å². The number of carbonyl (C=O) groups is 1. The van der Waals surface area contributed by atoms with Crippen LogP contribution in [-0.2, 0) is 13.0 Å². The van der Waals surface area contributed by atoms with E-state index in [0.29, 0.717) is 34.6 Å². The maximum absolute atomic E-state index is 14.0. The third-order valence-electron chi connectivity index (χ3n) is 5.58. The van der Waals surface area contributed by atoms with Gasteiger partial charge in [-0.2, -0.15) is 24.2 Å². The molecule has 0 saturated heterocycles. The van der Waals surface area contributed by atoms with Gasteiger partial charge in [0, 0.05) is 37.7 Å². The summed E-state index contributed by atoms with van der Waals surface area (Å²) in [6.07, 6.45) is 5.72. The van der Waals surface area contributed by atoms with E-state index in [-0.39, 0.29) is 23.8 Å². The van der Waals surface area contributed by atoms with Gasteiger partial charge in [0.2, 0.25) is 0 Å². The van der Waals surface area contributed by atoms with Crippen LogP contribution in [-0.4, -0.2) is 25.3 Å². The number of Topliss-reactive ketones (excluding diaryl/α,β-unsaturated/α-hetero) is 1. The van der Waals surface area contributed by atoms with Crippen molar-refractivity contribution in [1.82, 2.24) is 19.6 Å². The van der Waals surface area contributed by atoms with Crippen LogP contribution in [0.5, 0.6) is 5.75 Å². The number of hydrogen-bond acceptors (Lipinski definition) is 5. The first-order chi connectivity index (χ1) is 15.6. The van der Waals surface area contributed by atoms with Gasteiger partial charge in [0.25, 0.3) is 5.92 Å². The Bertz CT molecular complexity index is 1300. The summed E-state index contributed by atoms with van der Waals surface area (Å²) in [6, 6.07) is 7.20. The van der Waals surface area contributed by atoms with Gasteiger partial charge in [-0.05, 0) is 30.5 Å². The molecule has 0 amide bonds. The first-order valence-corrected chi connectivity index (χ1v) is 10.5. The summed E-state index contributed by atoms with van der Waals surface area (Å²) in [5.41, 5.74) is 0.486. The molecule has 0 atom stereocenters. The van der Waals surface area contributed by atoms with E-state index < -0.39 is 17.0 Å². The van der Waals surface area contributed by atoms with Crippen LogP contribution in [0.25, 0.3) is 16.9 Å². The highest BCUT2D eigenvalue weighted by molar-refractivity contribution is 6.34. The Kier molecular flexibility index (Phi) is 5.58. The lowest BCUT2D eigenvalue weighted by molar-refractivity contribution is 0.0103. The van der Waals surface area contributed by atoms with Crippen molar-refractivity contribution >= 4 is 17.4 Å². The maximum Gasteiger partial charge on any atom is 0.292 e. The van der Waals surface area contributed by atoms with Crippen LogP contribution in [0, 0.1) is 16.7 Å². The molecule has 4 rings (SSSR count). The third kappa shape index (κ3) is 4.26. The molecule has 10 heteroatoms. The largest absolute Gasteiger partial charge is 0.459 e. The van der Waals surface area contributed by atoms with E-state index in [0.717, 1.165) is 13.2 Å². The first kappa shape index (κ1) is 22.7. The topological polar surface area (TPSA) is 85.7 Å². The lowest BCUT2D eigenvalue weighted by Gasteiger charge is -2.10. The number of rotatable bonds is 8. The number of hydrogen-bond donors (Lipinski definition) is 0. The number of aryl methyl sites for hydroxylation is 1. The third-order valence-corrected chi connectivity index (χ3v) is 5.91. The Morgan fingerprint density at radius 3 is 2.76 bits per heavy atom. The molecule has 0 N–H and O–H groups in total. The fourth-order valence-corrected chi connectivity index (χ4v) is 3.84. The van der Waals surface area contributed by atoms with Gasteiger partial charge in [0.15, 0.2) is 23.0 Å². The van der Waals surface area contributed by atoms with Crippen molar-refractivity contribution in [3.63, 3.8) is 0 Å². The molecule has 2 aromatic heterocycles. The standard InChI is InChI=1S/C23H20ClF2N5O2/c1-4-33-19-20(22(2,25)26)29-30(3)21(19)31-12-15(11-28-31)14-5-6-17(24)16(9-14)18(32)10-23(13-27)7-8-23/h4-6,9,11-12H,1,7-8,10H2,2-3H3. The molecule has 1 aromatic carbocycles. The second-order valence-electron chi connectivity index (χ2n) is 8.16. The van der Waals surface area contributed by atoms with Crippen molar-refractivity contribution < 1.29 is 18.3 Å². The van der Waals surface area contributed by atoms with Gasteiger partial charge in [-0.15, -0.1) is 0 Å². The Labute approximate surface area is 193 Å².